The van der Waals surface area contributed by atoms with E-state index in [0.717, 1.165) is 66.0 Å². The maximum atomic E-state index is 12.4. The minimum atomic E-state index is -0.143. The van der Waals surface area contributed by atoms with E-state index in [9.17, 15) is 9.59 Å². The van der Waals surface area contributed by atoms with E-state index in [1.807, 2.05) is 49.6 Å². The van der Waals surface area contributed by atoms with Crippen LogP contribution in [0.2, 0.25) is 0 Å². The van der Waals surface area contributed by atoms with Crippen molar-refractivity contribution in [2.45, 2.75) is 20.4 Å². The Bertz CT molecular complexity index is 1410. The highest BCUT2D eigenvalue weighted by atomic mass is 16.1. The fraction of sp³-hybridized carbons (Fsp3) is 0.320. The van der Waals surface area contributed by atoms with Gasteiger partial charge in [0, 0.05) is 63.4 Å². The third-order valence-electron chi connectivity index (χ3n) is 6.41. The number of hydrogen-bond donors (Lipinski definition) is 2. The Morgan fingerprint density at radius 3 is 2.64 bits per heavy atom. The second-order valence-corrected chi connectivity index (χ2v) is 8.79. The zero-order valence-corrected chi connectivity index (χ0v) is 19.2. The van der Waals surface area contributed by atoms with Crippen molar-refractivity contribution in [2.24, 2.45) is 0 Å². The van der Waals surface area contributed by atoms with Crippen molar-refractivity contribution in [1.29, 1.82) is 0 Å². The summed E-state index contributed by atoms with van der Waals surface area (Å²) < 4.78 is 1.62. The standard InChI is InChI=1S/C25H28N6O2/c1-16-10-22-23-20(28-25(33)31(22)14-16)12-18(13-27-23)15-29-6-8-30(9-7-29)21-5-4-19(11-17(21)2)24(32)26-3/h4-5,10-14H,6-9,15H2,1-3H3,(H,26,32)(H,28,33). The molecular weight excluding hydrogens is 416 g/mol. The number of nitrogens with zero attached hydrogens (tertiary/aromatic N) is 4. The van der Waals surface area contributed by atoms with Gasteiger partial charge >= 0.3 is 5.69 Å². The summed E-state index contributed by atoms with van der Waals surface area (Å²) in [4.78, 5) is 36.7. The Morgan fingerprint density at radius 1 is 1.12 bits per heavy atom. The molecule has 0 radical (unpaired) electrons. The minimum Gasteiger partial charge on any atom is -0.369 e. The fourth-order valence-corrected chi connectivity index (χ4v) is 4.72. The van der Waals surface area contributed by atoms with Crippen molar-refractivity contribution in [3.63, 3.8) is 0 Å². The van der Waals surface area contributed by atoms with Crippen LogP contribution in [0.15, 0.2) is 47.5 Å². The van der Waals surface area contributed by atoms with Gasteiger partial charge in [-0.2, -0.15) is 0 Å². The van der Waals surface area contributed by atoms with E-state index in [1.54, 1.807) is 11.4 Å². The molecule has 33 heavy (non-hydrogen) atoms. The Morgan fingerprint density at radius 2 is 1.91 bits per heavy atom. The van der Waals surface area contributed by atoms with Crippen LogP contribution in [0.4, 0.5) is 5.69 Å². The number of pyridine rings is 1. The number of carbonyl (C=O) groups is 1. The van der Waals surface area contributed by atoms with Gasteiger partial charge in [-0.05, 0) is 60.9 Å². The summed E-state index contributed by atoms with van der Waals surface area (Å²) in [6.45, 7) is 8.52. The number of carbonyl (C=O) groups excluding carboxylic acids is 1. The van der Waals surface area contributed by atoms with Gasteiger partial charge in [-0.3, -0.25) is 19.1 Å². The summed E-state index contributed by atoms with van der Waals surface area (Å²) in [6.07, 6.45) is 3.74. The minimum absolute atomic E-state index is 0.0624. The lowest BCUT2D eigenvalue weighted by Crippen LogP contribution is -2.46. The summed E-state index contributed by atoms with van der Waals surface area (Å²) in [6, 6.07) is 9.92. The number of amides is 1. The molecule has 1 saturated heterocycles. The van der Waals surface area contributed by atoms with Crippen molar-refractivity contribution in [1.82, 2.24) is 24.6 Å². The van der Waals surface area contributed by atoms with Crippen LogP contribution in [0.3, 0.4) is 0 Å². The van der Waals surface area contributed by atoms with Crippen LogP contribution in [-0.4, -0.2) is 58.4 Å². The van der Waals surface area contributed by atoms with Crippen molar-refractivity contribution in [2.75, 3.05) is 38.1 Å². The average Bonchev–Trinajstić information content (AvgIpc) is 3.21. The van der Waals surface area contributed by atoms with Crippen LogP contribution in [0.25, 0.3) is 16.6 Å². The largest absolute Gasteiger partial charge is 0.369 e. The van der Waals surface area contributed by atoms with E-state index in [0.29, 0.717) is 5.56 Å². The Kier molecular flexibility index (Phi) is 5.38. The molecule has 1 fully saturated rings. The molecule has 1 aliphatic heterocycles. The van der Waals surface area contributed by atoms with Gasteiger partial charge in [-0.1, -0.05) is 0 Å². The number of hydrogen-bond acceptors (Lipinski definition) is 5. The first-order chi connectivity index (χ1) is 15.9. The van der Waals surface area contributed by atoms with E-state index >= 15 is 0 Å². The summed E-state index contributed by atoms with van der Waals surface area (Å²) >= 11 is 0. The smallest absolute Gasteiger partial charge is 0.330 e. The van der Waals surface area contributed by atoms with E-state index in [-0.39, 0.29) is 11.6 Å². The molecule has 170 valence electrons. The van der Waals surface area contributed by atoms with Crippen molar-refractivity contribution >= 4 is 28.1 Å². The van der Waals surface area contributed by atoms with Gasteiger partial charge in [-0.25, -0.2) is 4.79 Å². The van der Waals surface area contributed by atoms with Crippen molar-refractivity contribution in [3.8, 4) is 0 Å². The molecule has 5 rings (SSSR count). The molecule has 0 bridgehead atoms. The normalized spacial score (nSPS) is 14.8. The predicted octanol–water partition coefficient (Wildman–Crippen LogP) is 2.47. The summed E-state index contributed by atoms with van der Waals surface area (Å²) in [7, 11) is 1.65. The highest BCUT2D eigenvalue weighted by Gasteiger charge is 2.20. The maximum absolute atomic E-state index is 12.4. The van der Waals surface area contributed by atoms with Gasteiger partial charge < -0.3 is 15.2 Å². The van der Waals surface area contributed by atoms with E-state index in [2.05, 4.69) is 32.0 Å². The molecule has 2 N–H and O–H groups in total. The van der Waals surface area contributed by atoms with Gasteiger partial charge in [0.1, 0.15) is 5.52 Å². The molecule has 0 atom stereocenters. The third kappa shape index (κ3) is 3.98. The first kappa shape index (κ1) is 21.2. The van der Waals surface area contributed by atoms with Gasteiger partial charge in [-0.15, -0.1) is 0 Å². The first-order valence-corrected chi connectivity index (χ1v) is 11.2. The zero-order valence-electron chi connectivity index (χ0n) is 19.2. The molecule has 1 aliphatic rings. The SMILES string of the molecule is CNC(=O)c1ccc(N2CCN(Cc3cnc4c(c3)[nH]c(=O)n3cc(C)cc43)CC2)c(C)c1. The van der Waals surface area contributed by atoms with Crippen LogP contribution < -0.4 is 15.9 Å². The van der Waals surface area contributed by atoms with Gasteiger partial charge in [0.05, 0.1) is 11.0 Å². The Hall–Kier alpha value is -3.65. The first-order valence-electron chi connectivity index (χ1n) is 11.2. The zero-order chi connectivity index (χ0) is 23.1. The number of benzene rings is 1. The molecule has 0 unspecified atom stereocenters. The van der Waals surface area contributed by atoms with E-state index in [1.165, 1.54) is 5.69 Å². The number of aromatic amines is 1. The molecule has 4 aromatic rings. The van der Waals surface area contributed by atoms with Crippen molar-refractivity contribution in [3.05, 3.63) is 75.5 Å². The van der Waals surface area contributed by atoms with E-state index < -0.39 is 0 Å². The average molecular weight is 445 g/mol. The molecule has 1 aromatic carbocycles. The number of H-pyrrole nitrogens is 1. The van der Waals surface area contributed by atoms with Crippen LogP contribution >= 0.6 is 0 Å². The summed E-state index contributed by atoms with van der Waals surface area (Å²) in [5, 5.41) is 2.68. The predicted molar refractivity (Wildman–Crippen MR) is 130 cm³/mol. The fourth-order valence-electron chi connectivity index (χ4n) is 4.72. The molecule has 1 amide bonds. The molecule has 8 nitrogen and oxygen atoms in total. The summed E-state index contributed by atoms with van der Waals surface area (Å²) in [5.41, 5.74) is 7.38. The number of aryl methyl sites for hydroxylation is 2. The number of nitrogens with one attached hydrogen (secondary N) is 2. The van der Waals surface area contributed by atoms with Crippen LogP contribution in [0, 0.1) is 13.8 Å². The molecule has 8 heteroatoms. The second kappa shape index (κ2) is 8.37. The van der Waals surface area contributed by atoms with Gasteiger partial charge in [0.15, 0.2) is 0 Å². The molecule has 4 heterocycles. The Balaban J connectivity index is 1.29. The number of fused-ring (bicyclic) bond motifs is 3. The van der Waals surface area contributed by atoms with Crippen LogP contribution in [0.1, 0.15) is 27.0 Å². The lowest BCUT2D eigenvalue weighted by Gasteiger charge is -2.37. The quantitative estimate of drug-likeness (QED) is 0.505. The van der Waals surface area contributed by atoms with Crippen LogP contribution in [-0.2, 0) is 6.54 Å². The molecular formula is C25H28N6O2. The molecule has 3 aromatic heterocycles. The molecule has 0 saturated carbocycles. The van der Waals surface area contributed by atoms with Gasteiger partial charge in [0.25, 0.3) is 5.91 Å². The lowest BCUT2D eigenvalue weighted by molar-refractivity contribution is 0.0963. The highest BCUT2D eigenvalue weighted by Crippen LogP contribution is 2.24. The molecule has 0 aliphatic carbocycles. The third-order valence-corrected chi connectivity index (χ3v) is 6.41. The van der Waals surface area contributed by atoms with Crippen molar-refractivity contribution < 1.29 is 4.79 Å². The van der Waals surface area contributed by atoms with Crippen LogP contribution in [0.5, 0.6) is 0 Å². The monoisotopic (exact) mass is 444 g/mol. The van der Waals surface area contributed by atoms with E-state index in [4.69, 9.17) is 0 Å². The topological polar surface area (TPSA) is 85.7 Å². The highest BCUT2D eigenvalue weighted by molar-refractivity contribution is 5.94. The number of anilines is 1. The lowest BCUT2D eigenvalue weighted by atomic mass is 10.1. The summed E-state index contributed by atoms with van der Waals surface area (Å²) in [5.74, 6) is -0.0624. The Labute approximate surface area is 191 Å². The molecule has 0 spiro atoms. The maximum Gasteiger partial charge on any atom is 0.330 e. The number of aromatic nitrogens is 3. The second-order valence-electron chi connectivity index (χ2n) is 8.79. The van der Waals surface area contributed by atoms with Gasteiger partial charge in [0.2, 0.25) is 0 Å². The number of piperazine rings is 1. The number of rotatable bonds is 4.